The van der Waals surface area contributed by atoms with Gasteiger partial charge in [-0.3, -0.25) is 4.79 Å². The summed E-state index contributed by atoms with van der Waals surface area (Å²) >= 11 is 3.34. The first kappa shape index (κ1) is 24.4. The second-order valence-corrected chi connectivity index (χ2v) is 10.0. The minimum absolute atomic E-state index is 0.00464. The number of hydrogen-bond acceptors (Lipinski definition) is 6. The van der Waals surface area contributed by atoms with Gasteiger partial charge in [0.15, 0.2) is 11.5 Å². The van der Waals surface area contributed by atoms with Gasteiger partial charge in [0.1, 0.15) is 4.90 Å². The third-order valence-electron chi connectivity index (χ3n) is 5.17. The van der Waals surface area contributed by atoms with Crippen molar-refractivity contribution in [3.05, 3.63) is 100 Å². The molecule has 7 nitrogen and oxygen atoms in total. The molecular weight excluding hydrogens is 532 g/mol. The first-order valence-electron chi connectivity index (χ1n) is 10.5. The van der Waals surface area contributed by atoms with Crippen molar-refractivity contribution in [1.82, 2.24) is 5.43 Å². The van der Waals surface area contributed by atoms with Gasteiger partial charge in [0.05, 0.1) is 17.8 Å². The lowest BCUT2D eigenvalue weighted by molar-refractivity contribution is 0.0956. The highest BCUT2D eigenvalue weighted by Gasteiger charge is 2.22. The van der Waals surface area contributed by atoms with Gasteiger partial charge in [0.2, 0.25) is 0 Å². The molecule has 0 fully saturated rings. The molecule has 0 unspecified atom stereocenters. The van der Waals surface area contributed by atoms with Gasteiger partial charge in [0, 0.05) is 5.56 Å². The molecular formula is C26H21BrN2O5S. The topological polar surface area (TPSA) is 94.1 Å². The molecule has 4 aromatic carbocycles. The minimum Gasteiger partial charge on any atom is -0.493 e. The summed E-state index contributed by atoms with van der Waals surface area (Å²) < 4.78 is 36.5. The van der Waals surface area contributed by atoms with Gasteiger partial charge in [-0.15, -0.1) is 0 Å². The lowest BCUT2D eigenvalue weighted by Crippen LogP contribution is -2.18. The summed E-state index contributed by atoms with van der Waals surface area (Å²) in [6.07, 6.45) is 1.43. The Kier molecular flexibility index (Phi) is 7.18. The Bertz CT molecular complexity index is 1530. The SMILES string of the molecule is COc1cc(/C=N/NC(=O)c2cccc3ccccc23)cc(Br)c1OS(=O)(=O)c1ccc(C)cc1. The fourth-order valence-electron chi connectivity index (χ4n) is 3.41. The summed E-state index contributed by atoms with van der Waals surface area (Å²) in [6.45, 7) is 1.86. The monoisotopic (exact) mass is 552 g/mol. The van der Waals surface area contributed by atoms with Crippen molar-refractivity contribution in [3.63, 3.8) is 0 Å². The lowest BCUT2D eigenvalue weighted by Gasteiger charge is -2.13. The number of methoxy groups -OCH3 is 1. The van der Waals surface area contributed by atoms with Gasteiger partial charge in [0.25, 0.3) is 5.91 Å². The third-order valence-corrected chi connectivity index (χ3v) is 6.99. The molecule has 35 heavy (non-hydrogen) atoms. The molecule has 0 aromatic heterocycles. The van der Waals surface area contributed by atoms with Crippen molar-refractivity contribution in [3.8, 4) is 11.5 Å². The molecule has 178 valence electrons. The number of carbonyl (C=O) groups excluding carboxylic acids is 1. The first-order chi connectivity index (χ1) is 16.8. The summed E-state index contributed by atoms with van der Waals surface area (Å²) in [5, 5.41) is 5.82. The number of carbonyl (C=O) groups is 1. The van der Waals surface area contributed by atoms with E-state index < -0.39 is 10.1 Å². The number of aryl methyl sites for hydroxylation is 1. The third kappa shape index (κ3) is 5.52. The number of fused-ring (bicyclic) bond motifs is 1. The smallest absolute Gasteiger partial charge is 0.339 e. The molecule has 4 aromatic rings. The standard InChI is InChI=1S/C26H21BrN2O5S/c1-17-10-12-20(13-11-17)35(31,32)34-25-23(27)14-18(15-24(25)33-2)16-28-29-26(30)22-9-5-7-19-6-3-4-8-21(19)22/h3-16H,1-2H3,(H,29,30)/b28-16+. The van der Waals surface area contributed by atoms with E-state index in [9.17, 15) is 13.2 Å². The van der Waals surface area contributed by atoms with Crippen LogP contribution in [0.3, 0.4) is 0 Å². The van der Waals surface area contributed by atoms with Crippen LogP contribution < -0.4 is 14.3 Å². The number of nitrogens with zero attached hydrogens (tertiary/aromatic N) is 1. The van der Waals surface area contributed by atoms with Crippen LogP contribution in [0, 0.1) is 6.92 Å². The van der Waals surface area contributed by atoms with Gasteiger partial charge in [-0.05, 0) is 69.5 Å². The van der Waals surface area contributed by atoms with Crippen LogP contribution in [0.2, 0.25) is 0 Å². The zero-order valence-electron chi connectivity index (χ0n) is 18.9. The Labute approximate surface area is 211 Å². The maximum absolute atomic E-state index is 12.7. The van der Waals surface area contributed by atoms with E-state index in [4.69, 9.17) is 8.92 Å². The summed E-state index contributed by atoms with van der Waals surface area (Å²) in [5.41, 5.74) is 4.50. The number of benzene rings is 4. The molecule has 0 atom stereocenters. The van der Waals surface area contributed by atoms with E-state index in [-0.39, 0.29) is 22.3 Å². The van der Waals surface area contributed by atoms with Crippen molar-refractivity contribution in [2.75, 3.05) is 7.11 Å². The Morgan fingerprint density at radius 3 is 2.46 bits per heavy atom. The number of halogens is 1. The molecule has 0 spiro atoms. The summed E-state index contributed by atoms with van der Waals surface area (Å²) in [5.74, 6) is -0.171. The van der Waals surface area contributed by atoms with Crippen LogP contribution in [0.4, 0.5) is 0 Å². The quantitative estimate of drug-likeness (QED) is 0.187. The molecule has 1 amide bonds. The van der Waals surface area contributed by atoms with E-state index in [1.165, 1.54) is 25.5 Å². The van der Waals surface area contributed by atoms with Crippen molar-refractivity contribution in [2.45, 2.75) is 11.8 Å². The highest BCUT2D eigenvalue weighted by Crippen LogP contribution is 2.38. The van der Waals surface area contributed by atoms with E-state index in [0.717, 1.165) is 16.3 Å². The van der Waals surface area contributed by atoms with Crippen molar-refractivity contribution in [2.24, 2.45) is 5.10 Å². The van der Waals surface area contributed by atoms with Crippen molar-refractivity contribution < 1.29 is 22.1 Å². The molecule has 0 aliphatic heterocycles. The van der Waals surface area contributed by atoms with Gasteiger partial charge in [-0.2, -0.15) is 13.5 Å². The zero-order valence-corrected chi connectivity index (χ0v) is 21.3. The van der Waals surface area contributed by atoms with Gasteiger partial charge < -0.3 is 8.92 Å². The molecule has 0 bridgehead atoms. The van der Waals surface area contributed by atoms with Crippen LogP contribution in [-0.2, 0) is 10.1 Å². The van der Waals surface area contributed by atoms with E-state index in [1.54, 1.807) is 30.3 Å². The Hall–Kier alpha value is -3.69. The highest BCUT2D eigenvalue weighted by atomic mass is 79.9. The molecule has 0 radical (unpaired) electrons. The van der Waals surface area contributed by atoms with Crippen LogP contribution in [0.25, 0.3) is 10.8 Å². The van der Waals surface area contributed by atoms with Gasteiger partial charge in [-0.25, -0.2) is 5.43 Å². The Morgan fingerprint density at radius 1 is 1.00 bits per heavy atom. The number of rotatable bonds is 7. The predicted molar refractivity (Wildman–Crippen MR) is 139 cm³/mol. The second kappa shape index (κ2) is 10.3. The highest BCUT2D eigenvalue weighted by molar-refractivity contribution is 9.10. The van der Waals surface area contributed by atoms with Crippen molar-refractivity contribution >= 4 is 48.9 Å². The molecule has 4 rings (SSSR count). The average Bonchev–Trinajstić information content (AvgIpc) is 2.85. The maximum atomic E-state index is 12.7. The number of nitrogens with one attached hydrogen (secondary N) is 1. The number of hydrazone groups is 1. The average molecular weight is 553 g/mol. The number of ether oxygens (including phenoxy) is 1. The molecule has 0 aliphatic carbocycles. The Balaban J connectivity index is 1.54. The fourth-order valence-corrected chi connectivity index (χ4v) is 5.01. The number of amides is 1. The molecule has 0 heterocycles. The summed E-state index contributed by atoms with van der Waals surface area (Å²) in [4.78, 5) is 12.7. The largest absolute Gasteiger partial charge is 0.493 e. The molecule has 9 heteroatoms. The van der Waals surface area contributed by atoms with E-state index in [0.29, 0.717) is 15.6 Å². The molecule has 1 N–H and O–H groups in total. The maximum Gasteiger partial charge on any atom is 0.339 e. The molecule has 0 saturated heterocycles. The van der Waals surface area contributed by atoms with Crippen molar-refractivity contribution in [1.29, 1.82) is 0 Å². The van der Waals surface area contributed by atoms with Crippen LogP contribution >= 0.6 is 15.9 Å². The van der Waals surface area contributed by atoms with Crippen LogP contribution in [0.15, 0.2) is 93.3 Å². The van der Waals surface area contributed by atoms with E-state index >= 15 is 0 Å². The van der Waals surface area contributed by atoms with Gasteiger partial charge in [-0.1, -0.05) is 54.1 Å². The van der Waals surface area contributed by atoms with Gasteiger partial charge >= 0.3 is 10.1 Å². The zero-order chi connectivity index (χ0) is 25.0. The van der Waals surface area contributed by atoms with E-state index in [1.807, 2.05) is 43.3 Å². The fraction of sp³-hybridized carbons (Fsp3) is 0.0769. The Morgan fingerprint density at radius 2 is 1.71 bits per heavy atom. The normalized spacial score (nSPS) is 11.5. The van der Waals surface area contributed by atoms with Crippen LogP contribution in [-0.4, -0.2) is 27.6 Å². The summed E-state index contributed by atoms with van der Waals surface area (Å²) in [6, 6.07) is 22.6. The molecule has 0 saturated carbocycles. The van der Waals surface area contributed by atoms with E-state index in [2.05, 4.69) is 26.5 Å². The molecule has 0 aliphatic rings. The number of hydrogen-bond donors (Lipinski definition) is 1. The van der Waals surface area contributed by atoms with Crippen LogP contribution in [0.1, 0.15) is 21.5 Å². The first-order valence-corrected chi connectivity index (χ1v) is 12.7. The minimum atomic E-state index is -4.08. The summed E-state index contributed by atoms with van der Waals surface area (Å²) in [7, 11) is -2.68. The second-order valence-electron chi connectivity index (χ2n) is 7.61. The lowest BCUT2D eigenvalue weighted by atomic mass is 10.0. The van der Waals surface area contributed by atoms with Crippen LogP contribution in [0.5, 0.6) is 11.5 Å². The predicted octanol–water partition coefficient (Wildman–Crippen LogP) is 5.45.